The lowest BCUT2D eigenvalue weighted by molar-refractivity contribution is 0.412. The molecule has 3 nitrogen and oxygen atoms in total. The molecule has 0 amide bonds. The van der Waals surface area contributed by atoms with Crippen LogP contribution in [-0.4, -0.2) is 35.6 Å². The number of nitrogens with one attached hydrogen (secondary N) is 1. The summed E-state index contributed by atoms with van der Waals surface area (Å²) in [6.45, 7) is 1.03. The monoisotopic (exact) mass is 204 g/mol. The Morgan fingerprint density at radius 1 is 1.27 bits per heavy atom. The maximum atomic E-state index is 9.34. The first-order valence-corrected chi connectivity index (χ1v) is 5.10. The van der Waals surface area contributed by atoms with E-state index in [1.54, 1.807) is 12.1 Å². The first kappa shape index (κ1) is 10.1. The molecule has 0 aliphatic heterocycles. The molecule has 2 aromatic rings. The summed E-state index contributed by atoms with van der Waals surface area (Å²) in [5.41, 5.74) is 2.30. The molecule has 0 radical (unpaired) electrons. The number of aromatic amines is 1. The Labute approximate surface area is 89.3 Å². The van der Waals surface area contributed by atoms with Crippen molar-refractivity contribution in [2.45, 2.75) is 6.42 Å². The molecule has 0 spiro atoms. The van der Waals surface area contributed by atoms with Gasteiger partial charge in [-0.15, -0.1) is 0 Å². The van der Waals surface area contributed by atoms with Crippen molar-refractivity contribution in [1.82, 2.24) is 9.88 Å². The zero-order chi connectivity index (χ0) is 10.8. The van der Waals surface area contributed by atoms with Crippen LogP contribution in [0.1, 0.15) is 5.69 Å². The lowest BCUT2D eigenvalue weighted by Gasteiger charge is -2.07. The Bertz CT molecular complexity index is 460. The van der Waals surface area contributed by atoms with Gasteiger partial charge < -0.3 is 15.0 Å². The van der Waals surface area contributed by atoms with Gasteiger partial charge in [-0.05, 0) is 38.4 Å². The van der Waals surface area contributed by atoms with Crippen LogP contribution < -0.4 is 0 Å². The van der Waals surface area contributed by atoms with Crippen molar-refractivity contribution < 1.29 is 5.11 Å². The quantitative estimate of drug-likeness (QED) is 0.802. The molecular formula is C12H16N2O. The molecule has 80 valence electrons. The highest BCUT2D eigenvalue weighted by molar-refractivity contribution is 5.81. The predicted octanol–water partition coefficient (Wildman–Crippen LogP) is 1.98. The third-order valence-corrected chi connectivity index (χ3v) is 2.49. The largest absolute Gasteiger partial charge is 0.508 e. The number of aromatic nitrogens is 1. The summed E-state index contributed by atoms with van der Waals surface area (Å²) in [5, 5.41) is 10.4. The summed E-state index contributed by atoms with van der Waals surface area (Å²) in [6.07, 6.45) is 1.00. The number of benzene rings is 1. The van der Waals surface area contributed by atoms with E-state index in [-0.39, 0.29) is 0 Å². The first-order valence-electron chi connectivity index (χ1n) is 5.10. The number of hydrogen-bond acceptors (Lipinski definition) is 2. The van der Waals surface area contributed by atoms with E-state index in [1.807, 2.05) is 6.07 Å². The minimum absolute atomic E-state index is 0.320. The minimum atomic E-state index is 0.320. The van der Waals surface area contributed by atoms with Gasteiger partial charge in [0, 0.05) is 29.6 Å². The summed E-state index contributed by atoms with van der Waals surface area (Å²) < 4.78 is 0. The average Bonchev–Trinajstić information content (AvgIpc) is 2.56. The van der Waals surface area contributed by atoms with Gasteiger partial charge in [0.25, 0.3) is 0 Å². The van der Waals surface area contributed by atoms with Crippen LogP contribution in [0.3, 0.4) is 0 Å². The minimum Gasteiger partial charge on any atom is -0.508 e. The highest BCUT2D eigenvalue weighted by Crippen LogP contribution is 2.20. The van der Waals surface area contributed by atoms with Gasteiger partial charge in [-0.1, -0.05) is 0 Å². The maximum Gasteiger partial charge on any atom is 0.116 e. The van der Waals surface area contributed by atoms with Crippen molar-refractivity contribution in [3.05, 3.63) is 30.0 Å². The van der Waals surface area contributed by atoms with Crippen LogP contribution in [0.15, 0.2) is 24.3 Å². The average molecular weight is 204 g/mol. The summed E-state index contributed by atoms with van der Waals surface area (Å²) in [6, 6.07) is 7.49. The Balaban J connectivity index is 2.23. The van der Waals surface area contributed by atoms with Crippen molar-refractivity contribution in [3.8, 4) is 5.75 Å². The number of hydrogen-bond donors (Lipinski definition) is 2. The zero-order valence-electron chi connectivity index (χ0n) is 9.12. The van der Waals surface area contributed by atoms with Crippen LogP contribution >= 0.6 is 0 Å². The molecule has 0 saturated heterocycles. The molecule has 0 atom stereocenters. The number of phenols is 1. The molecule has 2 N–H and O–H groups in total. The van der Waals surface area contributed by atoms with Crippen molar-refractivity contribution in [2.24, 2.45) is 0 Å². The number of rotatable bonds is 3. The van der Waals surface area contributed by atoms with Crippen molar-refractivity contribution in [1.29, 1.82) is 0 Å². The Morgan fingerprint density at radius 2 is 2.07 bits per heavy atom. The number of H-pyrrole nitrogens is 1. The molecule has 0 aliphatic carbocycles. The lowest BCUT2D eigenvalue weighted by atomic mass is 10.2. The van der Waals surface area contributed by atoms with E-state index >= 15 is 0 Å². The smallest absolute Gasteiger partial charge is 0.116 e. The van der Waals surface area contributed by atoms with Gasteiger partial charge in [-0.25, -0.2) is 0 Å². The molecule has 1 aromatic heterocycles. The highest BCUT2D eigenvalue weighted by Gasteiger charge is 2.01. The number of nitrogens with zero attached hydrogens (tertiary/aromatic N) is 1. The second-order valence-electron chi connectivity index (χ2n) is 4.12. The molecule has 1 heterocycles. The van der Waals surface area contributed by atoms with Crippen LogP contribution in [0.4, 0.5) is 0 Å². The highest BCUT2D eigenvalue weighted by atomic mass is 16.3. The van der Waals surface area contributed by atoms with Crippen LogP contribution in [0.5, 0.6) is 5.75 Å². The van der Waals surface area contributed by atoms with Crippen LogP contribution in [-0.2, 0) is 6.42 Å². The number of likely N-dealkylation sites (N-methyl/N-ethyl adjacent to an activating group) is 1. The van der Waals surface area contributed by atoms with Crippen molar-refractivity contribution >= 4 is 10.9 Å². The fourth-order valence-electron chi connectivity index (χ4n) is 1.66. The number of fused-ring (bicyclic) bond motifs is 1. The van der Waals surface area contributed by atoms with Gasteiger partial charge in [0.2, 0.25) is 0 Å². The fourth-order valence-corrected chi connectivity index (χ4v) is 1.66. The van der Waals surface area contributed by atoms with Crippen LogP contribution in [0.2, 0.25) is 0 Å². The molecule has 15 heavy (non-hydrogen) atoms. The molecule has 0 unspecified atom stereocenters. The van der Waals surface area contributed by atoms with Crippen molar-refractivity contribution in [3.63, 3.8) is 0 Å². The Kier molecular flexibility index (Phi) is 2.64. The van der Waals surface area contributed by atoms with E-state index in [4.69, 9.17) is 0 Å². The molecule has 0 bridgehead atoms. The van der Waals surface area contributed by atoms with Crippen molar-refractivity contribution in [2.75, 3.05) is 20.6 Å². The van der Waals surface area contributed by atoms with E-state index in [0.29, 0.717) is 5.75 Å². The first-order chi connectivity index (χ1) is 7.15. The third kappa shape index (κ3) is 2.30. The molecule has 2 rings (SSSR count). The summed E-state index contributed by atoms with van der Waals surface area (Å²) in [7, 11) is 4.13. The van der Waals surface area contributed by atoms with Crippen LogP contribution in [0.25, 0.3) is 10.9 Å². The second kappa shape index (κ2) is 3.95. The maximum absolute atomic E-state index is 9.34. The molecule has 1 aromatic carbocycles. The summed E-state index contributed by atoms with van der Waals surface area (Å²) >= 11 is 0. The molecular weight excluding hydrogens is 188 g/mol. The van der Waals surface area contributed by atoms with E-state index in [1.165, 1.54) is 5.69 Å². The van der Waals surface area contributed by atoms with E-state index in [9.17, 15) is 5.11 Å². The Morgan fingerprint density at radius 3 is 2.80 bits per heavy atom. The van der Waals surface area contributed by atoms with E-state index in [2.05, 4.69) is 30.0 Å². The third-order valence-electron chi connectivity index (χ3n) is 2.49. The normalized spacial score (nSPS) is 11.4. The van der Waals surface area contributed by atoms with Gasteiger partial charge in [-0.2, -0.15) is 0 Å². The summed E-state index contributed by atoms with van der Waals surface area (Å²) in [4.78, 5) is 5.50. The lowest BCUT2D eigenvalue weighted by Crippen LogP contribution is -2.15. The SMILES string of the molecule is CN(C)CCc1cc2cc(O)ccc2[nH]1. The van der Waals surface area contributed by atoms with Gasteiger partial charge in [-0.3, -0.25) is 0 Å². The molecule has 0 saturated carbocycles. The molecule has 0 fully saturated rings. The molecule has 0 aliphatic rings. The number of phenolic OH excluding ortho intramolecular Hbond substituents is 1. The summed E-state index contributed by atoms with van der Waals surface area (Å²) in [5.74, 6) is 0.320. The standard InChI is InChI=1S/C12H16N2O/c1-14(2)6-5-10-7-9-8-11(15)3-4-12(9)13-10/h3-4,7-8,13,15H,5-6H2,1-2H3. The van der Waals surface area contributed by atoms with Crippen LogP contribution in [0, 0.1) is 0 Å². The van der Waals surface area contributed by atoms with Gasteiger partial charge >= 0.3 is 0 Å². The predicted molar refractivity (Wildman–Crippen MR) is 62.2 cm³/mol. The molecule has 3 heteroatoms. The van der Waals surface area contributed by atoms with Gasteiger partial charge in [0.15, 0.2) is 0 Å². The fraction of sp³-hybridized carbons (Fsp3) is 0.333. The Hall–Kier alpha value is -1.48. The second-order valence-corrected chi connectivity index (χ2v) is 4.12. The van der Waals surface area contributed by atoms with E-state index in [0.717, 1.165) is 23.9 Å². The van der Waals surface area contributed by atoms with E-state index < -0.39 is 0 Å². The van der Waals surface area contributed by atoms with Gasteiger partial charge in [0.1, 0.15) is 5.75 Å². The van der Waals surface area contributed by atoms with Gasteiger partial charge in [0.05, 0.1) is 0 Å². The zero-order valence-corrected chi connectivity index (χ0v) is 9.12. The topological polar surface area (TPSA) is 39.3 Å². The number of aromatic hydroxyl groups is 1.